The smallest absolute Gasteiger partial charge is 0.252 e. The highest BCUT2D eigenvalue weighted by Gasteiger charge is 2.77. The second kappa shape index (κ2) is 5.02. The first kappa shape index (κ1) is 17.0. The van der Waals surface area contributed by atoms with Crippen molar-refractivity contribution in [3.05, 3.63) is 41.5 Å². The molecule has 27 heavy (non-hydrogen) atoms. The van der Waals surface area contributed by atoms with Gasteiger partial charge in [0.05, 0.1) is 31.1 Å². The Morgan fingerprint density at radius 3 is 2.93 bits per heavy atom. The fourth-order valence-corrected chi connectivity index (χ4v) is 7.90. The first-order chi connectivity index (χ1) is 12.8. The molecule has 5 unspecified atom stereocenters. The number of likely N-dealkylation sites (tertiary alicyclic amines) is 1. The summed E-state index contributed by atoms with van der Waals surface area (Å²) in [7, 11) is 2.31. The van der Waals surface area contributed by atoms with Gasteiger partial charge in [-0.05, 0) is 37.0 Å². The van der Waals surface area contributed by atoms with Crippen LogP contribution in [-0.2, 0) is 16.6 Å². The molecule has 1 aromatic rings. The molecule has 5 nitrogen and oxygen atoms in total. The fourth-order valence-electron chi connectivity index (χ4n) is 7.90. The number of benzene rings is 1. The summed E-state index contributed by atoms with van der Waals surface area (Å²) in [6.45, 7) is 5.99. The SMILES string of the molecule is C=CC[N+]1(C)CC23Cc4ccc(C(N)=O)c(O)c4C4(CC(=O)CCC4C21)C3. The first-order valence-corrected chi connectivity index (χ1v) is 9.88. The van der Waals surface area contributed by atoms with Crippen LogP contribution < -0.4 is 5.73 Å². The molecule has 1 heterocycles. The van der Waals surface area contributed by atoms with Crippen LogP contribution in [0.25, 0.3) is 0 Å². The summed E-state index contributed by atoms with van der Waals surface area (Å²) in [6.07, 6.45) is 5.83. The van der Waals surface area contributed by atoms with Gasteiger partial charge in [-0.25, -0.2) is 0 Å². The van der Waals surface area contributed by atoms with E-state index in [4.69, 9.17) is 5.73 Å². The number of aromatic hydroxyl groups is 1. The lowest BCUT2D eigenvalue weighted by molar-refractivity contribution is -0.991. The molecule has 5 atom stereocenters. The number of rotatable bonds is 3. The Labute approximate surface area is 159 Å². The second-order valence-electron chi connectivity index (χ2n) is 9.65. The van der Waals surface area contributed by atoms with Crippen LogP contribution in [0.15, 0.2) is 24.8 Å². The Kier molecular flexibility index (Phi) is 3.16. The standard InChI is InChI=1S/C22H26N2O3/c1-3-8-24(2)12-21-9-13-4-6-15(20(23)27)18(26)17(13)22(11-21)10-14(25)5-7-16(22)19(21)24/h3-4,6,16,19H,1,5,7-12H2,2H3,(H2-,23,26,27)/p+1. The molecule has 1 saturated heterocycles. The van der Waals surface area contributed by atoms with Gasteiger partial charge in [0.2, 0.25) is 0 Å². The fraction of sp³-hybridized carbons (Fsp3) is 0.545. The Hall–Kier alpha value is -2.14. The highest BCUT2D eigenvalue weighted by atomic mass is 16.3. The zero-order valence-electron chi connectivity index (χ0n) is 15.8. The second-order valence-corrected chi connectivity index (χ2v) is 9.65. The van der Waals surface area contributed by atoms with E-state index in [2.05, 4.69) is 13.6 Å². The third-order valence-corrected chi connectivity index (χ3v) is 8.10. The van der Waals surface area contributed by atoms with E-state index < -0.39 is 5.91 Å². The molecular weight excluding hydrogens is 340 g/mol. The molecule has 2 saturated carbocycles. The van der Waals surface area contributed by atoms with E-state index >= 15 is 0 Å². The highest BCUT2D eigenvalue weighted by molar-refractivity contribution is 5.96. The van der Waals surface area contributed by atoms with Gasteiger partial charge in [-0.2, -0.15) is 0 Å². The van der Waals surface area contributed by atoms with E-state index in [-0.39, 0.29) is 27.9 Å². The van der Waals surface area contributed by atoms with Crippen molar-refractivity contribution >= 4 is 11.7 Å². The van der Waals surface area contributed by atoms with Crippen LogP contribution in [0.2, 0.25) is 0 Å². The summed E-state index contributed by atoms with van der Waals surface area (Å²) in [4.78, 5) is 24.4. The van der Waals surface area contributed by atoms with Crippen LogP contribution in [0.3, 0.4) is 0 Å². The number of phenols is 1. The monoisotopic (exact) mass is 367 g/mol. The van der Waals surface area contributed by atoms with Crippen molar-refractivity contribution < 1.29 is 19.2 Å². The number of carbonyl (C=O) groups is 2. The van der Waals surface area contributed by atoms with Gasteiger partial charge >= 0.3 is 0 Å². The molecule has 4 aliphatic rings. The number of nitrogens with two attached hydrogens (primary N) is 1. The summed E-state index contributed by atoms with van der Waals surface area (Å²) in [6, 6.07) is 4.10. The maximum Gasteiger partial charge on any atom is 0.252 e. The molecule has 0 aromatic heterocycles. The van der Waals surface area contributed by atoms with Gasteiger partial charge in [0, 0.05) is 29.7 Å². The molecular formula is C22H27N2O3+. The number of hydrogen-bond acceptors (Lipinski definition) is 3. The number of fused-ring (bicyclic) bond motifs is 2. The highest BCUT2D eigenvalue weighted by Crippen LogP contribution is 2.72. The van der Waals surface area contributed by atoms with E-state index in [1.807, 2.05) is 12.1 Å². The van der Waals surface area contributed by atoms with Crippen LogP contribution in [0, 0.1) is 11.3 Å². The number of nitrogens with zero attached hydrogens (tertiary/aromatic N) is 1. The first-order valence-electron chi connectivity index (χ1n) is 9.88. The average molecular weight is 367 g/mol. The largest absolute Gasteiger partial charge is 0.507 e. The molecule has 2 bridgehead atoms. The summed E-state index contributed by atoms with van der Waals surface area (Å²) in [5.74, 6) is 0.0363. The topological polar surface area (TPSA) is 80.4 Å². The third kappa shape index (κ3) is 1.88. The Balaban J connectivity index is 1.74. The van der Waals surface area contributed by atoms with Gasteiger partial charge in [0.1, 0.15) is 17.6 Å². The third-order valence-electron chi connectivity index (χ3n) is 8.10. The average Bonchev–Trinajstić information content (AvgIpc) is 2.75. The number of amides is 1. The molecule has 3 N–H and O–H groups in total. The van der Waals surface area contributed by atoms with Crippen molar-refractivity contribution in [2.75, 3.05) is 20.1 Å². The number of carbonyl (C=O) groups excluding carboxylic acids is 2. The predicted octanol–water partition coefficient (Wildman–Crippen LogP) is 2.06. The van der Waals surface area contributed by atoms with Gasteiger partial charge < -0.3 is 15.3 Å². The molecule has 0 radical (unpaired) electrons. The number of ketones is 1. The summed E-state index contributed by atoms with van der Waals surface area (Å²) in [5.41, 5.74) is 7.49. The zero-order valence-corrected chi connectivity index (χ0v) is 15.8. The number of primary amides is 1. The minimum absolute atomic E-state index is 0.0220. The minimum atomic E-state index is -0.612. The van der Waals surface area contributed by atoms with Crippen molar-refractivity contribution in [2.45, 2.75) is 43.6 Å². The van der Waals surface area contributed by atoms with Crippen molar-refractivity contribution in [3.63, 3.8) is 0 Å². The lowest BCUT2D eigenvalue weighted by Gasteiger charge is -2.61. The molecule has 1 aromatic carbocycles. The summed E-state index contributed by atoms with van der Waals surface area (Å²) >= 11 is 0. The molecule has 3 aliphatic carbocycles. The van der Waals surface area contributed by atoms with E-state index in [1.165, 1.54) is 0 Å². The van der Waals surface area contributed by atoms with Gasteiger partial charge in [0.15, 0.2) is 0 Å². The van der Waals surface area contributed by atoms with Crippen LogP contribution >= 0.6 is 0 Å². The number of Topliss-reactive ketones (excluding diaryl/α,β-unsaturated/α-hetero) is 1. The maximum atomic E-state index is 12.6. The number of quaternary nitrogens is 1. The molecule has 1 amide bonds. The quantitative estimate of drug-likeness (QED) is 0.634. The summed E-state index contributed by atoms with van der Waals surface area (Å²) in [5, 5.41) is 11.0. The maximum absolute atomic E-state index is 12.6. The summed E-state index contributed by atoms with van der Waals surface area (Å²) < 4.78 is 0.974. The van der Waals surface area contributed by atoms with E-state index in [9.17, 15) is 14.7 Å². The molecule has 142 valence electrons. The van der Waals surface area contributed by atoms with Crippen molar-refractivity contribution in [1.29, 1.82) is 0 Å². The predicted molar refractivity (Wildman–Crippen MR) is 101 cm³/mol. The lowest BCUT2D eigenvalue weighted by atomic mass is 9.59. The normalized spacial score (nSPS) is 41.1. The number of hydrogen-bond donors (Lipinski definition) is 2. The zero-order chi connectivity index (χ0) is 19.2. The molecule has 2 spiro atoms. The van der Waals surface area contributed by atoms with Crippen molar-refractivity contribution in [2.24, 2.45) is 17.1 Å². The van der Waals surface area contributed by atoms with Crippen LogP contribution in [-0.4, -0.2) is 47.5 Å². The van der Waals surface area contributed by atoms with E-state index in [0.717, 1.165) is 48.0 Å². The van der Waals surface area contributed by atoms with Crippen LogP contribution in [0.1, 0.15) is 47.2 Å². The Morgan fingerprint density at radius 2 is 2.22 bits per heavy atom. The van der Waals surface area contributed by atoms with Gasteiger partial charge in [-0.3, -0.25) is 9.59 Å². The van der Waals surface area contributed by atoms with Crippen molar-refractivity contribution in [3.8, 4) is 5.75 Å². The van der Waals surface area contributed by atoms with Gasteiger partial charge in [0.25, 0.3) is 5.91 Å². The van der Waals surface area contributed by atoms with Gasteiger partial charge in [-0.15, -0.1) is 0 Å². The Morgan fingerprint density at radius 1 is 1.44 bits per heavy atom. The van der Waals surface area contributed by atoms with E-state index in [1.54, 1.807) is 6.07 Å². The van der Waals surface area contributed by atoms with Gasteiger partial charge in [-0.1, -0.05) is 12.6 Å². The minimum Gasteiger partial charge on any atom is -0.507 e. The lowest BCUT2D eigenvalue weighted by Crippen LogP contribution is -2.74. The van der Waals surface area contributed by atoms with Crippen LogP contribution in [0.4, 0.5) is 0 Å². The molecule has 5 heteroatoms. The molecule has 5 rings (SSSR count). The van der Waals surface area contributed by atoms with E-state index in [0.29, 0.717) is 24.8 Å². The van der Waals surface area contributed by atoms with Crippen molar-refractivity contribution in [1.82, 2.24) is 0 Å². The van der Waals surface area contributed by atoms with Crippen LogP contribution in [0.5, 0.6) is 5.75 Å². The molecule has 3 fully saturated rings. The number of likely N-dealkylation sites (N-methyl/N-ethyl adjacent to an activating group) is 1. The Bertz CT molecular complexity index is 909. The molecule has 1 aliphatic heterocycles.